The Bertz CT molecular complexity index is 1360. The highest BCUT2D eigenvalue weighted by atomic mass is 16.2. The molecule has 0 bridgehead atoms. The van der Waals surface area contributed by atoms with E-state index in [0.29, 0.717) is 48.7 Å². The van der Waals surface area contributed by atoms with E-state index in [2.05, 4.69) is 40.2 Å². The molecule has 0 saturated carbocycles. The van der Waals surface area contributed by atoms with Crippen LogP contribution in [-0.4, -0.2) is 71.2 Å². The minimum Gasteiger partial charge on any atom is -0.381 e. The summed E-state index contributed by atoms with van der Waals surface area (Å²) in [6.45, 7) is 15.5. The average Bonchev–Trinajstić information content (AvgIpc) is 3.33. The highest BCUT2D eigenvalue weighted by Crippen LogP contribution is 2.30. The van der Waals surface area contributed by atoms with E-state index in [1.807, 2.05) is 44.7 Å². The van der Waals surface area contributed by atoms with Gasteiger partial charge in [0.1, 0.15) is 5.82 Å². The summed E-state index contributed by atoms with van der Waals surface area (Å²) in [5, 5.41) is 14.8. The molecular weight excluding hydrogens is 490 g/mol. The first-order chi connectivity index (χ1) is 18.6. The van der Waals surface area contributed by atoms with Crippen LogP contribution >= 0.6 is 0 Å². The van der Waals surface area contributed by atoms with Crippen LogP contribution in [-0.2, 0) is 11.3 Å². The topological polar surface area (TPSA) is 117 Å². The molecule has 4 rings (SSSR count). The molecule has 0 spiro atoms. The van der Waals surface area contributed by atoms with Gasteiger partial charge >= 0.3 is 0 Å². The van der Waals surface area contributed by atoms with Gasteiger partial charge in [-0.05, 0) is 77.4 Å². The van der Waals surface area contributed by atoms with E-state index in [1.165, 1.54) is 6.21 Å². The van der Waals surface area contributed by atoms with Gasteiger partial charge in [0.25, 0.3) is 5.56 Å². The Kier molecular flexibility index (Phi) is 8.70. The first-order valence-corrected chi connectivity index (χ1v) is 13.7. The molecule has 4 heterocycles. The van der Waals surface area contributed by atoms with Crippen molar-refractivity contribution in [1.29, 1.82) is 5.41 Å². The second-order valence-electron chi connectivity index (χ2n) is 11.0. The van der Waals surface area contributed by atoms with E-state index < -0.39 is 0 Å². The fourth-order valence-corrected chi connectivity index (χ4v) is 5.39. The van der Waals surface area contributed by atoms with Crippen LogP contribution in [0.5, 0.6) is 0 Å². The summed E-state index contributed by atoms with van der Waals surface area (Å²) in [7, 11) is 2.06. The van der Waals surface area contributed by atoms with Crippen molar-refractivity contribution in [3.05, 3.63) is 68.8 Å². The molecule has 1 atom stereocenters. The normalized spacial score (nSPS) is 17.7. The molecule has 0 aromatic carbocycles. The Hall–Kier alpha value is -3.72. The van der Waals surface area contributed by atoms with Gasteiger partial charge in [0, 0.05) is 66.5 Å². The summed E-state index contributed by atoms with van der Waals surface area (Å²) in [4.78, 5) is 37.5. The highest BCUT2D eigenvalue weighted by Gasteiger charge is 2.31. The zero-order valence-corrected chi connectivity index (χ0v) is 23.8. The quantitative estimate of drug-likeness (QED) is 0.368. The summed E-state index contributed by atoms with van der Waals surface area (Å²) in [5.41, 5.74) is 6.16. The predicted molar refractivity (Wildman–Crippen MR) is 158 cm³/mol. The molecule has 1 fully saturated rings. The number of amides is 1. The van der Waals surface area contributed by atoms with Gasteiger partial charge in [-0.15, -0.1) is 0 Å². The number of H-pyrrole nitrogens is 1. The number of pyridine rings is 2. The number of anilines is 1. The predicted octanol–water partition coefficient (Wildman–Crippen LogP) is 3.53. The summed E-state index contributed by atoms with van der Waals surface area (Å²) < 4.78 is 0. The fraction of sp³-hybridized carbons (Fsp3) is 0.467. The largest absolute Gasteiger partial charge is 0.381 e. The van der Waals surface area contributed by atoms with E-state index >= 15 is 0 Å². The Labute approximate surface area is 230 Å². The minimum absolute atomic E-state index is 0.0854. The summed E-state index contributed by atoms with van der Waals surface area (Å²) in [5.74, 6) is 0.944. The second kappa shape index (κ2) is 12.0. The van der Waals surface area contributed by atoms with Gasteiger partial charge in [-0.3, -0.25) is 9.59 Å². The number of nitrogens with zero attached hydrogens (tertiary/aromatic N) is 3. The van der Waals surface area contributed by atoms with Crippen LogP contribution in [0.4, 0.5) is 5.82 Å². The van der Waals surface area contributed by atoms with Gasteiger partial charge in [-0.25, -0.2) is 4.98 Å². The number of aromatic nitrogens is 2. The van der Waals surface area contributed by atoms with Crippen molar-refractivity contribution in [2.75, 3.05) is 38.5 Å². The molecule has 2 aromatic rings. The number of aryl methyl sites for hydroxylation is 2. The lowest BCUT2D eigenvalue weighted by Crippen LogP contribution is -2.39. The maximum Gasteiger partial charge on any atom is 0.253 e. The van der Waals surface area contributed by atoms with Crippen LogP contribution in [0.1, 0.15) is 60.3 Å². The Morgan fingerprint density at radius 2 is 2.08 bits per heavy atom. The highest BCUT2D eigenvalue weighted by molar-refractivity contribution is 5.93. The van der Waals surface area contributed by atoms with Crippen molar-refractivity contribution in [3.8, 4) is 0 Å². The zero-order valence-electron chi connectivity index (χ0n) is 23.8. The van der Waals surface area contributed by atoms with E-state index in [-0.39, 0.29) is 23.4 Å². The number of rotatable bonds is 9. The molecule has 2 aliphatic rings. The molecule has 9 heteroatoms. The van der Waals surface area contributed by atoms with Crippen LogP contribution in [0.3, 0.4) is 0 Å². The standard InChI is InChI=1S/C30H41N7O2/c1-18(2)33-28-25(15-31)24(21(5)32-16-26-19(3)13-20(4)34-29(26)38)14-27(35-28)22-8-11-37(12-9-22)30(39)23-7-10-36(6)17-23/h8,13-15,18,23,31-32H,5,7,9-12,16-17H2,1-4,6H3,(H,33,35)(H,34,38). The lowest BCUT2D eigenvalue weighted by atomic mass is 9.98. The van der Waals surface area contributed by atoms with Gasteiger partial charge in [0.15, 0.2) is 0 Å². The molecule has 1 saturated heterocycles. The molecular formula is C30H41N7O2. The van der Waals surface area contributed by atoms with Crippen molar-refractivity contribution in [1.82, 2.24) is 25.1 Å². The zero-order chi connectivity index (χ0) is 28.3. The van der Waals surface area contributed by atoms with Crippen LogP contribution in [0, 0.1) is 25.2 Å². The van der Waals surface area contributed by atoms with Crippen LogP contribution in [0.25, 0.3) is 11.3 Å². The molecule has 4 N–H and O–H groups in total. The molecule has 9 nitrogen and oxygen atoms in total. The summed E-state index contributed by atoms with van der Waals surface area (Å²) in [6.07, 6.45) is 5.03. The number of nitrogens with one attached hydrogen (secondary N) is 4. The van der Waals surface area contributed by atoms with Gasteiger partial charge < -0.3 is 30.8 Å². The molecule has 2 aliphatic heterocycles. The second-order valence-corrected chi connectivity index (χ2v) is 11.0. The van der Waals surface area contributed by atoms with Crippen molar-refractivity contribution < 1.29 is 4.79 Å². The van der Waals surface area contributed by atoms with Crippen LogP contribution in [0.15, 0.2) is 29.6 Å². The number of carbonyl (C=O) groups excluding carboxylic acids is 1. The fourth-order valence-electron chi connectivity index (χ4n) is 5.39. The van der Waals surface area contributed by atoms with Crippen molar-refractivity contribution in [3.63, 3.8) is 0 Å². The monoisotopic (exact) mass is 531 g/mol. The molecule has 2 aromatic heterocycles. The van der Waals surface area contributed by atoms with Gasteiger partial charge in [-0.2, -0.15) is 0 Å². The van der Waals surface area contributed by atoms with Crippen LogP contribution in [0.2, 0.25) is 0 Å². The molecule has 39 heavy (non-hydrogen) atoms. The third-order valence-corrected chi connectivity index (χ3v) is 7.52. The third kappa shape index (κ3) is 6.47. The maximum atomic E-state index is 13.0. The Morgan fingerprint density at radius 1 is 1.31 bits per heavy atom. The summed E-state index contributed by atoms with van der Waals surface area (Å²) in [6, 6.07) is 4.03. The third-order valence-electron chi connectivity index (χ3n) is 7.52. The van der Waals surface area contributed by atoms with Gasteiger partial charge in [0.05, 0.1) is 11.6 Å². The number of hydrogen-bond donors (Lipinski definition) is 4. The Morgan fingerprint density at radius 3 is 2.67 bits per heavy atom. The van der Waals surface area contributed by atoms with Gasteiger partial charge in [0.2, 0.25) is 5.91 Å². The van der Waals surface area contributed by atoms with Crippen molar-refractivity contribution in [2.24, 2.45) is 5.92 Å². The van der Waals surface area contributed by atoms with Crippen molar-refractivity contribution >= 4 is 29.2 Å². The molecule has 1 amide bonds. The number of hydrogen-bond acceptors (Lipinski definition) is 7. The van der Waals surface area contributed by atoms with E-state index in [1.54, 1.807) is 0 Å². The summed E-state index contributed by atoms with van der Waals surface area (Å²) >= 11 is 0. The molecule has 0 radical (unpaired) electrons. The van der Waals surface area contributed by atoms with Crippen LogP contribution < -0.4 is 16.2 Å². The SMILES string of the molecule is C=C(NCc1c(C)cc(C)[nH]c1=O)c1cc(C2=CCN(C(=O)C3CCN(C)C3)CC2)nc(NC(C)C)c1C=N. The Balaban J connectivity index is 1.60. The van der Waals surface area contributed by atoms with Gasteiger partial charge in [-0.1, -0.05) is 12.7 Å². The first-order valence-electron chi connectivity index (χ1n) is 13.7. The minimum atomic E-state index is -0.117. The maximum absolute atomic E-state index is 13.0. The van der Waals surface area contributed by atoms with E-state index in [4.69, 9.17) is 10.4 Å². The molecule has 208 valence electrons. The molecule has 0 aliphatic carbocycles. The van der Waals surface area contributed by atoms with Crippen molar-refractivity contribution in [2.45, 2.75) is 53.1 Å². The first kappa shape index (κ1) is 28.3. The lowest BCUT2D eigenvalue weighted by Gasteiger charge is -2.29. The number of likely N-dealkylation sites (tertiary alicyclic amines) is 1. The molecule has 1 unspecified atom stereocenters. The van der Waals surface area contributed by atoms with E-state index in [0.717, 1.165) is 47.6 Å². The number of carbonyl (C=O) groups is 1. The number of aromatic amines is 1. The smallest absolute Gasteiger partial charge is 0.253 e. The lowest BCUT2D eigenvalue weighted by molar-refractivity contribution is -0.134. The van der Waals surface area contributed by atoms with E-state index in [9.17, 15) is 9.59 Å². The average molecular weight is 532 g/mol.